The van der Waals surface area contributed by atoms with Crippen molar-refractivity contribution in [3.8, 4) is 0 Å². The summed E-state index contributed by atoms with van der Waals surface area (Å²) in [6, 6.07) is 8.80. The van der Waals surface area contributed by atoms with Gasteiger partial charge in [0.05, 0.1) is 13.2 Å². The average molecular weight is 220 g/mol. The molecular formula is C14H20O2. The molecule has 88 valence electrons. The second-order valence-electron chi connectivity index (χ2n) is 4.40. The summed E-state index contributed by atoms with van der Waals surface area (Å²) in [6.45, 7) is 3.66. The van der Waals surface area contributed by atoms with E-state index < -0.39 is 0 Å². The van der Waals surface area contributed by atoms with Crippen LogP contribution in [0.3, 0.4) is 0 Å². The summed E-state index contributed by atoms with van der Waals surface area (Å²) in [4.78, 5) is 0. The Morgan fingerprint density at radius 1 is 1.06 bits per heavy atom. The van der Waals surface area contributed by atoms with Crippen LogP contribution in [0.2, 0.25) is 0 Å². The van der Waals surface area contributed by atoms with Gasteiger partial charge in [-0.1, -0.05) is 29.8 Å². The van der Waals surface area contributed by atoms with E-state index in [0.29, 0.717) is 0 Å². The number of hydrogen-bond donors (Lipinski definition) is 0. The van der Waals surface area contributed by atoms with Gasteiger partial charge in [-0.15, -0.1) is 0 Å². The van der Waals surface area contributed by atoms with Crippen LogP contribution in [0.4, 0.5) is 0 Å². The number of aryl methyl sites for hydroxylation is 2. The third-order valence-electron chi connectivity index (χ3n) is 2.97. The first-order valence-electron chi connectivity index (χ1n) is 6.13. The molecule has 0 unspecified atom stereocenters. The lowest BCUT2D eigenvalue weighted by atomic mass is 10.1. The normalized spacial score (nSPS) is 16.8. The van der Waals surface area contributed by atoms with E-state index in [0.717, 1.165) is 26.1 Å². The van der Waals surface area contributed by atoms with Gasteiger partial charge in [0.25, 0.3) is 0 Å². The molecule has 1 heterocycles. The minimum absolute atomic E-state index is 0.0676. The molecule has 1 aromatic carbocycles. The second kappa shape index (κ2) is 6.02. The molecule has 0 atom stereocenters. The van der Waals surface area contributed by atoms with E-state index in [1.54, 1.807) is 0 Å². The van der Waals surface area contributed by atoms with Crippen LogP contribution >= 0.6 is 0 Å². The third kappa shape index (κ3) is 3.62. The zero-order valence-corrected chi connectivity index (χ0v) is 9.95. The second-order valence-corrected chi connectivity index (χ2v) is 4.40. The van der Waals surface area contributed by atoms with Gasteiger partial charge in [-0.05, 0) is 38.2 Å². The number of rotatable bonds is 5. The maximum atomic E-state index is 5.40. The Hall–Kier alpha value is -0.860. The van der Waals surface area contributed by atoms with Gasteiger partial charge in [-0.2, -0.15) is 0 Å². The highest BCUT2D eigenvalue weighted by Crippen LogP contribution is 2.13. The highest BCUT2D eigenvalue weighted by molar-refractivity contribution is 5.21. The predicted molar refractivity (Wildman–Crippen MR) is 64.4 cm³/mol. The van der Waals surface area contributed by atoms with Crippen LogP contribution in [0.1, 0.15) is 30.4 Å². The molecule has 2 nitrogen and oxygen atoms in total. The zero-order chi connectivity index (χ0) is 11.2. The first-order chi connectivity index (χ1) is 7.84. The van der Waals surface area contributed by atoms with Gasteiger partial charge in [-0.25, -0.2) is 0 Å². The molecule has 1 saturated heterocycles. The van der Waals surface area contributed by atoms with Crippen molar-refractivity contribution >= 4 is 0 Å². The van der Waals surface area contributed by atoms with E-state index in [9.17, 15) is 0 Å². The Morgan fingerprint density at radius 3 is 2.44 bits per heavy atom. The molecule has 16 heavy (non-hydrogen) atoms. The zero-order valence-electron chi connectivity index (χ0n) is 9.95. The predicted octanol–water partition coefficient (Wildman–Crippen LogP) is 3.08. The van der Waals surface area contributed by atoms with Crippen molar-refractivity contribution in [2.75, 3.05) is 13.2 Å². The minimum atomic E-state index is 0.0676. The molecule has 0 aliphatic carbocycles. The number of benzene rings is 1. The lowest BCUT2D eigenvalue weighted by Gasteiger charge is -2.08. The van der Waals surface area contributed by atoms with Crippen LogP contribution in [0.25, 0.3) is 0 Å². The van der Waals surface area contributed by atoms with E-state index in [1.807, 2.05) is 0 Å². The molecule has 1 aliphatic rings. The van der Waals surface area contributed by atoms with E-state index in [1.165, 1.54) is 24.0 Å². The molecule has 0 bridgehead atoms. The molecule has 1 fully saturated rings. The van der Waals surface area contributed by atoms with Crippen LogP contribution in [0.15, 0.2) is 24.3 Å². The Kier molecular flexibility index (Phi) is 4.37. The lowest BCUT2D eigenvalue weighted by Crippen LogP contribution is -2.06. The highest BCUT2D eigenvalue weighted by atomic mass is 16.7. The molecule has 0 N–H and O–H groups in total. The fraction of sp³-hybridized carbons (Fsp3) is 0.571. The summed E-state index contributed by atoms with van der Waals surface area (Å²) < 4.78 is 10.8. The molecule has 2 heteroatoms. The molecule has 1 aliphatic heterocycles. The van der Waals surface area contributed by atoms with Gasteiger partial charge >= 0.3 is 0 Å². The maximum absolute atomic E-state index is 5.40. The molecule has 1 aromatic rings. The average Bonchev–Trinajstić information content (AvgIpc) is 2.80. The van der Waals surface area contributed by atoms with E-state index in [2.05, 4.69) is 31.2 Å². The molecule has 0 saturated carbocycles. The van der Waals surface area contributed by atoms with E-state index >= 15 is 0 Å². The van der Waals surface area contributed by atoms with Crippen LogP contribution in [-0.2, 0) is 15.9 Å². The van der Waals surface area contributed by atoms with Crippen LogP contribution in [0, 0.1) is 6.92 Å². The van der Waals surface area contributed by atoms with Crippen molar-refractivity contribution in [3.05, 3.63) is 35.4 Å². The van der Waals surface area contributed by atoms with E-state index in [-0.39, 0.29) is 6.29 Å². The smallest absolute Gasteiger partial charge is 0.157 e. The van der Waals surface area contributed by atoms with Gasteiger partial charge < -0.3 is 9.47 Å². The largest absolute Gasteiger partial charge is 0.350 e. The van der Waals surface area contributed by atoms with Crippen molar-refractivity contribution in [3.63, 3.8) is 0 Å². The molecular weight excluding hydrogens is 200 g/mol. The monoisotopic (exact) mass is 220 g/mol. The van der Waals surface area contributed by atoms with Crippen molar-refractivity contribution in [2.24, 2.45) is 0 Å². The maximum Gasteiger partial charge on any atom is 0.157 e. The summed E-state index contributed by atoms with van der Waals surface area (Å²) >= 11 is 0. The Bertz CT molecular complexity index is 299. The highest BCUT2D eigenvalue weighted by Gasteiger charge is 2.14. The fourth-order valence-corrected chi connectivity index (χ4v) is 1.97. The van der Waals surface area contributed by atoms with Gasteiger partial charge in [0.1, 0.15) is 0 Å². The van der Waals surface area contributed by atoms with Crippen LogP contribution < -0.4 is 0 Å². The Balaban J connectivity index is 1.62. The third-order valence-corrected chi connectivity index (χ3v) is 2.97. The Labute approximate surface area is 97.6 Å². The number of unbranched alkanes of at least 4 members (excludes halogenated alkanes) is 1. The Morgan fingerprint density at radius 2 is 1.75 bits per heavy atom. The molecule has 0 aromatic heterocycles. The van der Waals surface area contributed by atoms with Gasteiger partial charge in [0, 0.05) is 0 Å². The summed E-state index contributed by atoms with van der Waals surface area (Å²) in [7, 11) is 0. The quantitative estimate of drug-likeness (QED) is 0.710. The van der Waals surface area contributed by atoms with Gasteiger partial charge in [0.15, 0.2) is 6.29 Å². The lowest BCUT2D eigenvalue weighted by molar-refractivity contribution is -0.0479. The number of ether oxygens (including phenoxy) is 2. The van der Waals surface area contributed by atoms with Crippen LogP contribution in [-0.4, -0.2) is 19.5 Å². The molecule has 0 spiro atoms. The summed E-state index contributed by atoms with van der Waals surface area (Å²) in [5, 5.41) is 0. The van der Waals surface area contributed by atoms with Gasteiger partial charge in [-0.3, -0.25) is 0 Å². The first-order valence-corrected chi connectivity index (χ1v) is 6.13. The standard InChI is InChI=1S/C14H20O2/c1-12-6-8-13(9-7-12)4-2-3-5-14-15-10-11-16-14/h6-9,14H,2-5,10-11H2,1H3. The van der Waals surface area contributed by atoms with Crippen molar-refractivity contribution in [1.29, 1.82) is 0 Å². The summed E-state index contributed by atoms with van der Waals surface area (Å²) in [6.07, 6.45) is 4.65. The van der Waals surface area contributed by atoms with Crippen molar-refractivity contribution in [1.82, 2.24) is 0 Å². The van der Waals surface area contributed by atoms with Crippen molar-refractivity contribution < 1.29 is 9.47 Å². The van der Waals surface area contributed by atoms with Crippen molar-refractivity contribution in [2.45, 2.75) is 38.9 Å². The molecule has 0 radical (unpaired) electrons. The van der Waals surface area contributed by atoms with E-state index in [4.69, 9.17) is 9.47 Å². The van der Waals surface area contributed by atoms with Crippen LogP contribution in [0.5, 0.6) is 0 Å². The molecule has 2 rings (SSSR count). The molecule has 0 amide bonds. The fourth-order valence-electron chi connectivity index (χ4n) is 1.97. The number of hydrogen-bond acceptors (Lipinski definition) is 2. The SMILES string of the molecule is Cc1ccc(CCCCC2OCCO2)cc1. The van der Waals surface area contributed by atoms with Gasteiger partial charge in [0.2, 0.25) is 0 Å². The minimum Gasteiger partial charge on any atom is -0.350 e. The topological polar surface area (TPSA) is 18.5 Å². The summed E-state index contributed by atoms with van der Waals surface area (Å²) in [5.41, 5.74) is 2.76. The first kappa shape index (κ1) is 11.6. The summed E-state index contributed by atoms with van der Waals surface area (Å²) in [5.74, 6) is 0.